The van der Waals surface area contributed by atoms with Crippen molar-refractivity contribution in [1.82, 2.24) is 5.32 Å². The topological polar surface area (TPSA) is 14.1 Å². The van der Waals surface area contributed by atoms with Gasteiger partial charge in [0, 0.05) is 13.1 Å². The lowest BCUT2D eigenvalue weighted by Gasteiger charge is -2.33. The molecule has 1 atom stereocenters. The van der Waals surface area contributed by atoms with Crippen LogP contribution in [0.2, 0.25) is 0 Å². The fraction of sp³-hybridized carbons (Fsp3) is 1.00. The molecule has 1 heteroatoms. The van der Waals surface area contributed by atoms with Crippen LogP contribution in [0.1, 0.15) is 33.6 Å². The Balaban J connectivity index is 2.39. The van der Waals surface area contributed by atoms with Crippen LogP contribution in [0.3, 0.4) is 0 Å². The van der Waals surface area contributed by atoms with Crippen LogP contribution in [-0.4, -0.2) is 13.1 Å². The van der Waals surface area contributed by atoms with Gasteiger partial charge in [-0.25, -0.2) is 5.32 Å². The van der Waals surface area contributed by atoms with Crippen LogP contribution in [0.25, 0.3) is 0 Å². The monoisotopic (exact) mass is 140 g/mol. The second kappa shape index (κ2) is 2.91. The van der Waals surface area contributed by atoms with E-state index >= 15 is 0 Å². The summed E-state index contributed by atoms with van der Waals surface area (Å²) < 4.78 is 0. The van der Waals surface area contributed by atoms with Crippen molar-refractivity contribution in [1.29, 1.82) is 0 Å². The Morgan fingerprint density at radius 3 is 2.30 bits per heavy atom. The first-order chi connectivity index (χ1) is 4.61. The van der Waals surface area contributed by atoms with Gasteiger partial charge in [-0.05, 0) is 24.2 Å². The van der Waals surface area contributed by atoms with Gasteiger partial charge in [-0.15, -0.1) is 0 Å². The van der Waals surface area contributed by atoms with Gasteiger partial charge in [0.2, 0.25) is 0 Å². The minimum absolute atomic E-state index is 0.476. The van der Waals surface area contributed by atoms with E-state index in [-0.39, 0.29) is 0 Å². The minimum atomic E-state index is 0.476. The van der Waals surface area contributed by atoms with Crippen LogP contribution in [-0.2, 0) is 0 Å². The molecule has 1 nitrogen and oxygen atoms in total. The van der Waals surface area contributed by atoms with Gasteiger partial charge < -0.3 is 0 Å². The van der Waals surface area contributed by atoms with Crippen LogP contribution in [0.4, 0.5) is 0 Å². The number of hydrogen-bond donors (Lipinski definition) is 0. The van der Waals surface area contributed by atoms with E-state index < -0.39 is 0 Å². The molecule has 0 aromatic rings. The third kappa shape index (κ3) is 1.98. The molecule has 1 fully saturated rings. The van der Waals surface area contributed by atoms with Crippen LogP contribution < -0.4 is 5.32 Å². The van der Waals surface area contributed by atoms with E-state index in [1.54, 1.807) is 0 Å². The lowest BCUT2D eigenvalue weighted by molar-refractivity contribution is 0.191. The molecule has 0 N–H and O–H groups in total. The third-order valence-electron chi connectivity index (χ3n) is 2.44. The fourth-order valence-corrected chi connectivity index (χ4v) is 1.49. The molecule has 0 aliphatic carbocycles. The Hall–Kier alpha value is -0.0400. The predicted octanol–water partition coefficient (Wildman–Crippen LogP) is 2.05. The maximum absolute atomic E-state index is 4.42. The maximum Gasteiger partial charge on any atom is 0.0166 e. The van der Waals surface area contributed by atoms with Crippen molar-refractivity contribution in [2.24, 2.45) is 11.3 Å². The summed E-state index contributed by atoms with van der Waals surface area (Å²) >= 11 is 0. The molecule has 59 valence electrons. The van der Waals surface area contributed by atoms with Gasteiger partial charge >= 0.3 is 0 Å². The molecule has 1 unspecified atom stereocenters. The van der Waals surface area contributed by atoms with E-state index in [4.69, 9.17) is 0 Å². The zero-order chi connectivity index (χ0) is 7.61. The highest BCUT2D eigenvalue weighted by Crippen LogP contribution is 2.30. The van der Waals surface area contributed by atoms with Gasteiger partial charge in [0.15, 0.2) is 0 Å². The molecule has 1 rings (SSSR count). The molecule has 0 saturated carbocycles. The van der Waals surface area contributed by atoms with Crippen LogP contribution in [0, 0.1) is 11.3 Å². The molecular formula is C9H18N. The maximum atomic E-state index is 4.42. The Labute approximate surface area is 64.2 Å². The summed E-state index contributed by atoms with van der Waals surface area (Å²) in [4.78, 5) is 0. The summed E-state index contributed by atoms with van der Waals surface area (Å²) in [6, 6.07) is 0. The first-order valence-corrected chi connectivity index (χ1v) is 4.24. The van der Waals surface area contributed by atoms with E-state index in [1.807, 2.05) is 0 Å². The SMILES string of the molecule is CC(C)(C)C1CCC[N]C1. The van der Waals surface area contributed by atoms with Gasteiger partial charge in [-0.2, -0.15) is 0 Å². The Morgan fingerprint density at radius 2 is 2.00 bits per heavy atom. The molecule has 0 bridgehead atoms. The summed E-state index contributed by atoms with van der Waals surface area (Å²) in [6.07, 6.45) is 2.69. The summed E-state index contributed by atoms with van der Waals surface area (Å²) in [5.74, 6) is 0.834. The van der Waals surface area contributed by atoms with E-state index in [0.29, 0.717) is 5.41 Å². The Bertz CT molecular complexity index is 95.8. The quantitative estimate of drug-likeness (QED) is 0.489. The van der Waals surface area contributed by atoms with Gasteiger partial charge in [0.1, 0.15) is 0 Å². The van der Waals surface area contributed by atoms with Gasteiger partial charge in [-0.3, -0.25) is 0 Å². The smallest absolute Gasteiger partial charge is 0.0166 e. The van der Waals surface area contributed by atoms with Crippen molar-refractivity contribution in [2.75, 3.05) is 13.1 Å². The summed E-state index contributed by atoms with van der Waals surface area (Å²) in [5.41, 5.74) is 0.476. The second-order valence-electron chi connectivity index (χ2n) is 4.33. The minimum Gasteiger partial charge on any atom is -0.241 e. The normalized spacial score (nSPS) is 28.5. The number of piperidine rings is 1. The second-order valence-corrected chi connectivity index (χ2v) is 4.33. The van der Waals surface area contributed by atoms with Crippen LogP contribution in [0.5, 0.6) is 0 Å². The summed E-state index contributed by atoms with van der Waals surface area (Å²) in [6.45, 7) is 9.16. The molecule has 1 saturated heterocycles. The highest BCUT2D eigenvalue weighted by atomic mass is 14.9. The predicted molar refractivity (Wildman–Crippen MR) is 44.0 cm³/mol. The lowest BCUT2D eigenvalue weighted by atomic mass is 9.77. The molecule has 0 spiro atoms. The highest BCUT2D eigenvalue weighted by Gasteiger charge is 2.25. The number of hydrogen-bond acceptors (Lipinski definition) is 0. The van der Waals surface area contributed by atoms with Gasteiger partial charge in [-0.1, -0.05) is 20.8 Å². The molecule has 1 aliphatic rings. The summed E-state index contributed by atoms with van der Waals surface area (Å²) in [5, 5.41) is 4.42. The average Bonchev–Trinajstić information content (AvgIpc) is 1.88. The summed E-state index contributed by atoms with van der Waals surface area (Å²) in [7, 11) is 0. The van der Waals surface area contributed by atoms with Crippen molar-refractivity contribution in [3.05, 3.63) is 0 Å². The lowest BCUT2D eigenvalue weighted by Crippen LogP contribution is -2.33. The number of nitrogens with zero attached hydrogens (tertiary/aromatic N) is 1. The molecular weight excluding hydrogens is 122 g/mol. The molecule has 1 heterocycles. The molecule has 0 amide bonds. The molecule has 0 aromatic carbocycles. The number of rotatable bonds is 0. The average molecular weight is 140 g/mol. The fourth-order valence-electron chi connectivity index (χ4n) is 1.49. The third-order valence-corrected chi connectivity index (χ3v) is 2.44. The van der Waals surface area contributed by atoms with Crippen LogP contribution >= 0.6 is 0 Å². The zero-order valence-corrected chi connectivity index (χ0v) is 7.35. The Kier molecular flexibility index (Phi) is 2.35. The standard InChI is InChI=1S/C9H18N/c1-9(2,3)8-5-4-6-10-7-8/h8H,4-7H2,1-3H3. The highest BCUT2D eigenvalue weighted by molar-refractivity contribution is 4.78. The molecule has 10 heavy (non-hydrogen) atoms. The van der Waals surface area contributed by atoms with Crippen molar-refractivity contribution >= 4 is 0 Å². The van der Waals surface area contributed by atoms with E-state index in [9.17, 15) is 0 Å². The zero-order valence-electron chi connectivity index (χ0n) is 7.35. The van der Waals surface area contributed by atoms with E-state index in [1.165, 1.54) is 12.8 Å². The first-order valence-electron chi connectivity index (χ1n) is 4.24. The van der Waals surface area contributed by atoms with E-state index in [2.05, 4.69) is 26.1 Å². The van der Waals surface area contributed by atoms with Gasteiger partial charge in [0.25, 0.3) is 0 Å². The van der Waals surface area contributed by atoms with E-state index in [0.717, 1.165) is 19.0 Å². The van der Waals surface area contributed by atoms with Crippen molar-refractivity contribution in [2.45, 2.75) is 33.6 Å². The molecule has 1 aliphatic heterocycles. The van der Waals surface area contributed by atoms with Crippen molar-refractivity contribution < 1.29 is 0 Å². The first kappa shape index (κ1) is 8.06. The molecule has 0 aromatic heterocycles. The van der Waals surface area contributed by atoms with Crippen molar-refractivity contribution in [3.63, 3.8) is 0 Å². The van der Waals surface area contributed by atoms with Gasteiger partial charge in [0.05, 0.1) is 0 Å². The van der Waals surface area contributed by atoms with Crippen molar-refractivity contribution in [3.8, 4) is 0 Å². The largest absolute Gasteiger partial charge is 0.241 e. The Morgan fingerprint density at radius 1 is 1.30 bits per heavy atom. The molecule has 1 radical (unpaired) electrons. The van der Waals surface area contributed by atoms with Crippen LogP contribution in [0.15, 0.2) is 0 Å².